The number of hydrogen-bond acceptors (Lipinski definition) is 6. The predicted octanol–water partition coefficient (Wildman–Crippen LogP) is 1.96. The Morgan fingerprint density at radius 2 is 2.00 bits per heavy atom. The van der Waals surface area contributed by atoms with Crippen molar-refractivity contribution >= 4 is 17.5 Å². The molecule has 8 nitrogen and oxygen atoms in total. The zero-order chi connectivity index (χ0) is 23.3. The Balaban J connectivity index is 1.35. The molecule has 1 aliphatic carbocycles. The quantitative estimate of drug-likeness (QED) is 0.633. The molecule has 3 unspecified atom stereocenters. The van der Waals surface area contributed by atoms with E-state index in [1.807, 2.05) is 0 Å². The van der Waals surface area contributed by atoms with E-state index in [9.17, 15) is 28.0 Å². The van der Waals surface area contributed by atoms with E-state index in [0.29, 0.717) is 17.8 Å². The molecular formula is C22H25F3N6O2. The van der Waals surface area contributed by atoms with Crippen molar-refractivity contribution in [3.63, 3.8) is 0 Å². The van der Waals surface area contributed by atoms with Crippen LogP contribution in [0.15, 0.2) is 18.2 Å². The van der Waals surface area contributed by atoms with Gasteiger partial charge in [0.25, 0.3) is 5.91 Å². The number of hydrogen-bond donors (Lipinski definition) is 3. The molecule has 1 saturated carbocycles. The van der Waals surface area contributed by atoms with Crippen LogP contribution in [0.25, 0.3) is 0 Å². The number of carbonyl (C=O) groups excluding carboxylic acids is 2. The van der Waals surface area contributed by atoms with Gasteiger partial charge >= 0.3 is 6.18 Å². The molecule has 0 spiro atoms. The van der Waals surface area contributed by atoms with Crippen LogP contribution in [0.5, 0.6) is 0 Å². The Kier molecular flexibility index (Phi) is 5.45. The van der Waals surface area contributed by atoms with Crippen molar-refractivity contribution in [2.24, 2.45) is 11.8 Å². The van der Waals surface area contributed by atoms with Gasteiger partial charge in [0, 0.05) is 36.4 Å². The number of amides is 2. The smallest absolute Gasteiger partial charge is 0.368 e. The first-order chi connectivity index (χ1) is 15.7. The van der Waals surface area contributed by atoms with Gasteiger partial charge in [0.05, 0.1) is 17.9 Å². The standard InChI is InChI=1S/C22H25F3N6O2/c23-22(24,25)11-30-10-13-8-14(4-5-15(13)21(30)33)28-19-18-17(6-7-27-20(18)32)31(29-19)16-3-1-2-12(16)9-26/h4-5,8,12,16-19,28-29H,1-3,6-7,10-11H2,(H,27,32)/t12-,16+,17?,18?,19?/m1/s1. The molecular weight excluding hydrogens is 437 g/mol. The molecule has 4 aliphatic rings. The molecule has 33 heavy (non-hydrogen) atoms. The lowest BCUT2D eigenvalue weighted by Crippen LogP contribution is -2.52. The summed E-state index contributed by atoms with van der Waals surface area (Å²) in [5.74, 6) is -1.17. The van der Waals surface area contributed by atoms with Crippen LogP contribution in [0, 0.1) is 23.2 Å². The van der Waals surface area contributed by atoms with Crippen molar-refractivity contribution in [3.8, 4) is 6.07 Å². The highest BCUT2D eigenvalue weighted by Crippen LogP contribution is 2.37. The molecule has 11 heteroatoms. The number of rotatable bonds is 4. The van der Waals surface area contributed by atoms with E-state index in [-0.39, 0.29) is 41.9 Å². The van der Waals surface area contributed by atoms with Gasteiger partial charge in [0.15, 0.2) is 0 Å². The SMILES string of the molecule is N#C[C@H]1CCC[C@@H]1N1NC(Nc2ccc3c(c2)CN(CC(F)(F)F)C3=O)C2C(=O)NCCC21. The first-order valence-electron chi connectivity index (χ1n) is 11.2. The summed E-state index contributed by atoms with van der Waals surface area (Å²) in [6.45, 7) is -0.815. The number of nitriles is 1. The fourth-order valence-corrected chi connectivity index (χ4v) is 5.72. The number of nitrogens with zero attached hydrogens (tertiary/aromatic N) is 3. The van der Waals surface area contributed by atoms with Crippen LogP contribution < -0.4 is 16.1 Å². The van der Waals surface area contributed by atoms with E-state index < -0.39 is 24.8 Å². The van der Waals surface area contributed by atoms with Crippen molar-refractivity contribution in [1.82, 2.24) is 20.7 Å². The van der Waals surface area contributed by atoms with Crippen LogP contribution >= 0.6 is 0 Å². The predicted molar refractivity (Wildman–Crippen MR) is 111 cm³/mol. The third kappa shape index (κ3) is 4.02. The zero-order valence-corrected chi connectivity index (χ0v) is 17.9. The Morgan fingerprint density at radius 1 is 1.18 bits per heavy atom. The zero-order valence-electron chi connectivity index (χ0n) is 17.9. The van der Waals surface area contributed by atoms with Crippen LogP contribution in [-0.2, 0) is 11.3 Å². The highest BCUT2D eigenvalue weighted by Gasteiger charge is 2.51. The van der Waals surface area contributed by atoms with E-state index in [1.165, 1.54) is 6.07 Å². The molecule has 3 fully saturated rings. The van der Waals surface area contributed by atoms with Crippen LogP contribution in [0.2, 0.25) is 0 Å². The normalized spacial score (nSPS) is 31.8. The minimum absolute atomic E-state index is 0.0359. The monoisotopic (exact) mass is 462 g/mol. The third-order valence-electron chi connectivity index (χ3n) is 7.14. The number of hydrazine groups is 1. The number of carbonyl (C=O) groups is 2. The van der Waals surface area contributed by atoms with E-state index >= 15 is 0 Å². The molecule has 5 atom stereocenters. The van der Waals surface area contributed by atoms with Gasteiger partial charge in [-0.05, 0) is 43.0 Å². The summed E-state index contributed by atoms with van der Waals surface area (Å²) in [6.07, 6.45) is -1.43. The number of alkyl halides is 3. The Bertz CT molecular complexity index is 1010. The van der Waals surface area contributed by atoms with Gasteiger partial charge in [-0.1, -0.05) is 6.42 Å². The second kappa shape index (κ2) is 8.18. The molecule has 0 radical (unpaired) electrons. The van der Waals surface area contributed by atoms with Gasteiger partial charge in [-0.15, -0.1) is 0 Å². The largest absolute Gasteiger partial charge is 0.406 e. The van der Waals surface area contributed by atoms with E-state index in [4.69, 9.17) is 0 Å². The lowest BCUT2D eigenvalue weighted by molar-refractivity contribution is -0.141. The van der Waals surface area contributed by atoms with Crippen molar-refractivity contribution < 1.29 is 22.8 Å². The lowest BCUT2D eigenvalue weighted by atomic mass is 9.90. The number of nitrogens with one attached hydrogen (secondary N) is 3. The number of halogens is 3. The minimum atomic E-state index is -4.46. The van der Waals surface area contributed by atoms with E-state index in [1.54, 1.807) is 12.1 Å². The number of piperidine rings is 1. The maximum Gasteiger partial charge on any atom is 0.406 e. The fourth-order valence-electron chi connectivity index (χ4n) is 5.72. The Morgan fingerprint density at radius 3 is 2.76 bits per heavy atom. The second-order valence-corrected chi connectivity index (χ2v) is 9.21. The first kappa shape index (κ1) is 22.0. The third-order valence-corrected chi connectivity index (χ3v) is 7.14. The molecule has 3 N–H and O–H groups in total. The average Bonchev–Trinajstić information content (AvgIpc) is 3.44. The molecule has 1 aromatic rings. The maximum atomic E-state index is 12.8. The molecule has 3 aliphatic heterocycles. The van der Waals surface area contributed by atoms with Crippen molar-refractivity contribution in [2.75, 3.05) is 18.4 Å². The summed E-state index contributed by atoms with van der Waals surface area (Å²) in [5, 5.41) is 17.9. The second-order valence-electron chi connectivity index (χ2n) is 9.21. The molecule has 176 valence electrons. The first-order valence-corrected chi connectivity index (χ1v) is 11.2. The Hall–Kier alpha value is -2.84. The molecule has 2 amide bonds. The van der Waals surface area contributed by atoms with Crippen molar-refractivity contribution in [2.45, 2.75) is 56.7 Å². The number of anilines is 1. The highest BCUT2D eigenvalue weighted by molar-refractivity contribution is 5.98. The van der Waals surface area contributed by atoms with Crippen molar-refractivity contribution in [1.29, 1.82) is 5.26 Å². The fraction of sp³-hybridized carbons (Fsp3) is 0.591. The maximum absolute atomic E-state index is 12.8. The number of benzene rings is 1. The topological polar surface area (TPSA) is 100 Å². The summed E-state index contributed by atoms with van der Waals surface area (Å²) in [7, 11) is 0. The summed E-state index contributed by atoms with van der Waals surface area (Å²) in [4.78, 5) is 25.9. The molecule has 3 heterocycles. The minimum Gasteiger partial charge on any atom is -0.368 e. The van der Waals surface area contributed by atoms with Gasteiger partial charge in [-0.2, -0.15) is 18.4 Å². The Labute approximate surface area is 189 Å². The molecule has 1 aromatic carbocycles. The van der Waals surface area contributed by atoms with Crippen LogP contribution in [0.1, 0.15) is 41.6 Å². The summed E-state index contributed by atoms with van der Waals surface area (Å²) in [5.41, 5.74) is 4.83. The lowest BCUT2D eigenvalue weighted by Gasteiger charge is -2.35. The van der Waals surface area contributed by atoms with Crippen LogP contribution in [0.4, 0.5) is 18.9 Å². The van der Waals surface area contributed by atoms with Crippen molar-refractivity contribution in [3.05, 3.63) is 29.3 Å². The van der Waals surface area contributed by atoms with E-state index in [2.05, 4.69) is 27.1 Å². The summed E-state index contributed by atoms with van der Waals surface area (Å²) in [6, 6.07) is 7.25. The van der Waals surface area contributed by atoms with Gasteiger partial charge in [0.1, 0.15) is 12.7 Å². The summed E-state index contributed by atoms with van der Waals surface area (Å²) < 4.78 is 38.4. The van der Waals surface area contributed by atoms with Gasteiger partial charge in [-0.3, -0.25) is 9.59 Å². The molecule has 2 saturated heterocycles. The molecule has 0 bridgehead atoms. The summed E-state index contributed by atoms with van der Waals surface area (Å²) >= 11 is 0. The van der Waals surface area contributed by atoms with Gasteiger partial charge in [0.2, 0.25) is 5.91 Å². The van der Waals surface area contributed by atoms with Crippen LogP contribution in [-0.4, -0.2) is 59.2 Å². The van der Waals surface area contributed by atoms with Gasteiger partial charge in [-0.25, -0.2) is 10.4 Å². The molecule has 0 aromatic heterocycles. The van der Waals surface area contributed by atoms with Crippen LogP contribution in [0.3, 0.4) is 0 Å². The van der Waals surface area contributed by atoms with Gasteiger partial charge < -0.3 is 15.5 Å². The highest BCUT2D eigenvalue weighted by atomic mass is 19.4. The van der Waals surface area contributed by atoms with E-state index in [0.717, 1.165) is 30.6 Å². The average molecular weight is 462 g/mol. The molecule has 5 rings (SSSR count). The number of fused-ring (bicyclic) bond motifs is 2.